The molecule has 0 aliphatic rings. The topological polar surface area (TPSA) is 66.5 Å². The van der Waals surface area contributed by atoms with Crippen molar-refractivity contribution >= 4 is 29.9 Å². The van der Waals surface area contributed by atoms with E-state index in [2.05, 4.69) is 38.2 Å². The molecule has 5 nitrogen and oxygen atoms in total. The molecule has 0 unspecified atom stereocenters. The fourth-order valence-electron chi connectivity index (χ4n) is 2.44. The molecule has 0 amide bonds. The van der Waals surface area contributed by atoms with E-state index in [0.29, 0.717) is 10.6 Å². The van der Waals surface area contributed by atoms with E-state index >= 15 is 0 Å². The van der Waals surface area contributed by atoms with Crippen molar-refractivity contribution in [3.8, 4) is 0 Å². The SMILES string of the molecule is Cc1cccnc1CSCCNc1ncc(Cc2cccnc2)c(=S)[nH]1. The summed E-state index contributed by atoms with van der Waals surface area (Å²) in [6, 6.07) is 8.03. The Hall–Kier alpha value is -2.25. The lowest BCUT2D eigenvalue weighted by Crippen LogP contribution is -2.08. The first-order valence-corrected chi connectivity index (χ1v) is 9.98. The highest BCUT2D eigenvalue weighted by Gasteiger charge is 2.03. The molecule has 134 valence electrons. The summed E-state index contributed by atoms with van der Waals surface area (Å²) in [5.41, 5.74) is 4.51. The maximum atomic E-state index is 5.45. The van der Waals surface area contributed by atoms with Crippen molar-refractivity contribution in [3.63, 3.8) is 0 Å². The van der Waals surface area contributed by atoms with Gasteiger partial charge in [-0.1, -0.05) is 24.4 Å². The molecule has 0 bridgehead atoms. The standard InChI is InChI=1S/C19H21N5S2/c1-14-4-2-7-21-17(14)13-26-9-8-22-19-23-12-16(18(25)24-19)10-15-5-3-6-20-11-15/h2-7,11-12H,8-10,13H2,1H3,(H2,22,23,24,25). The van der Waals surface area contributed by atoms with Crippen LogP contribution in [-0.4, -0.2) is 32.2 Å². The summed E-state index contributed by atoms with van der Waals surface area (Å²) in [7, 11) is 0. The summed E-state index contributed by atoms with van der Waals surface area (Å²) < 4.78 is 0.711. The third-order valence-corrected chi connectivity index (χ3v) is 5.22. The quantitative estimate of drug-likeness (QED) is 0.449. The summed E-state index contributed by atoms with van der Waals surface area (Å²) in [5, 5.41) is 3.29. The highest BCUT2D eigenvalue weighted by atomic mass is 32.2. The lowest BCUT2D eigenvalue weighted by molar-refractivity contribution is 1.02. The van der Waals surface area contributed by atoms with E-state index in [1.807, 2.05) is 48.6 Å². The molecule has 0 atom stereocenters. The van der Waals surface area contributed by atoms with Gasteiger partial charge in [0.2, 0.25) is 5.95 Å². The van der Waals surface area contributed by atoms with Crippen LogP contribution in [0.1, 0.15) is 22.4 Å². The zero-order valence-corrected chi connectivity index (χ0v) is 16.2. The van der Waals surface area contributed by atoms with E-state index < -0.39 is 0 Å². The number of pyridine rings is 2. The van der Waals surface area contributed by atoms with Crippen LogP contribution in [0.3, 0.4) is 0 Å². The molecule has 0 saturated carbocycles. The molecule has 0 radical (unpaired) electrons. The van der Waals surface area contributed by atoms with Gasteiger partial charge in [-0.3, -0.25) is 9.97 Å². The monoisotopic (exact) mass is 383 g/mol. The Morgan fingerprint density at radius 3 is 2.81 bits per heavy atom. The number of rotatable bonds is 8. The Morgan fingerprint density at radius 1 is 1.15 bits per heavy atom. The van der Waals surface area contributed by atoms with Crippen LogP contribution < -0.4 is 5.32 Å². The molecule has 7 heteroatoms. The van der Waals surface area contributed by atoms with E-state index in [4.69, 9.17) is 12.2 Å². The molecule has 26 heavy (non-hydrogen) atoms. The molecule has 3 aromatic rings. The van der Waals surface area contributed by atoms with Gasteiger partial charge in [0, 0.05) is 54.8 Å². The van der Waals surface area contributed by atoms with Crippen LogP contribution in [0.4, 0.5) is 5.95 Å². The van der Waals surface area contributed by atoms with Crippen LogP contribution in [0.5, 0.6) is 0 Å². The van der Waals surface area contributed by atoms with E-state index in [0.717, 1.165) is 41.3 Å². The molecule has 0 fully saturated rings. The number of anilines is 1. The number of thioether (sulfide) groups is 1. The Kier molecular flexibility index (Phi) is 6.74. The van der Waals surface area contributed by atoms with E-state index in [1.165, 1.54) is 5.56 Å². The normalized spacial score (nSPS) is 10.7. The third kappa shape index (κ3) is 5.37. The largest absolute Gasteiger partial charge is 0.355 e. The molecular weight excluding hydrogens is 362 g/mol. The Labute approximate surface area is 162 Å². The number of aromatic nitrogens is 4. The zero-order valence-electron chi connectivity index (χ0n) is 14.6. The summed E-state index contributed by atoms with van der Waals surface area (Å²) in [4.78, 5) is 16.1. The van der Waals surface area contributed by atoms with Gasteiger partial charge in [0.15, 0.2) is 0 Å². The van der Waals surface area contributed by atoms with Crippen LogP contribution >= 0.6 is 24.0 Å². The summed E-state index contributed by atoms with van der Waals surface area (Å²) >= 11 is 7.30. The fraction of sp³-hybridized carbons (Fsp3) is 0.263. The average Bonchev–Trinajstić information content (AvgIpc) is 2.66. The highest BCUT2D eigenvalue weighted by molar-refractivity contribution is 7.98. The lowest BCUT2D eigenvalue weighted by Gasteiger charge is -2.08. The molecule has 0 aliphatic carbocycles. The molecule has 0 saturated heterocycles. The molecule has 0 aliphatic heterocycles. The predicted octanol–water partition coefficient (Wildman–Crippen LogP) is 4.17. The Balaban J connectivity index is 1.46. The fourth-order valence-corrected chi connectivity index (χ4v) is 3.55. The second-order valence-corrected chi connectivity index (χ2v) is 7.38. The van der Waals surface area contributed by atoms with Gasteiger partial charge in [-0.2, -0.15) is 11.8 Å². The second kappa shape index (κ2) is 9.45. The smallest absolute Gasteiger partial charge is 0.201 e. The lowest BCUT2D eigenvalue weighted by atomic mass is 10.1. The van der Waals surface area contributed by atoms with Crippen LogP contribution in [-0.2, 0) is 12.2 Å². The zero-order chi connectivity index (χ0) is 18.2. The van der Waals surface area contributed by atoms with Crippen LogP contribution in [0.2, 0.25) is 0 Å². The van der Waals surface area contributed by atoms with Crippen LogP contribution in [0.25, 0.3) is 0 Å². The van der Waals surface area contributed by atoms with Crippen LogP contribution in [0, 0.1) is 11.6 Å². The van der Waals surface area contributed by atoms with Crippen molar-refractivity contribution in [2.75, 3.05) is 17.6 Å². The van der Waals surface area contributed by atoms with Crippen molar-refractivity contribution in [3.05, 3.63) is 76.1 Å². The first kappa shape index (κ1) is 18.5. The van der Waals surface area contributed by atoms with E-state index in [9.17, 15) is 0 Å². The molecule has 3 rings (SSSR count). The molecule has 0 spiro atoms. The molecule has 3 heterocycles. The van der Waals surface area contributed by atoms with Gasteiger partial charge in [-0.25, -0.2) is 4.98 Å². The molecule has 2 N–H and O–H groups in total. The van der Waals surface area contributed by atoms with Gasteiger partial charge in [-0.15, -0.1) is 0 Å². The molecule has 3 aromatic heterocycles. The molecule has 0 aromatic carbocycles. The van der Waals surface area contributed by atoms with Gasteiger partial charge < -0.3 is 10.3 Å². The average molecular weight is 384 g/mol. The summed E-state index contributed by atoms with van der Waals surface area (Å²) in [5.74, 6) is 2.59. The van der Waals surface area contributed by atoms with Crippen molar-refractivity contribution in [2.24, 2.45) is 0 Å². The summed E-state index contributed by atoms with van der Waals surface area (Å²) in [6.07, 6.45) is 8.02. The maximum Gasteiger partial charge on any atom is 0.201 e. The minimum absolute atomic E-state index is 0.708. The van der Waals surface area contributed by atoms with Crippen molar-refractivity contribution in [1.29, 1.82) is 0 Å². The first-order valence-electron chi connectivity index (χ1n) is 8.41. The maximum absolute atomic E-state index is 5.45. The number of H-pyrrole nitrogens is 1. The van der Waals surface area contributed by atoms with E-state index in [-0.39, 0.29) is 0 Å². The van der Waals surface area contributed by atoms with Gasteiger partial charge in [0.05, 0.1) is 5.69 Å². The molecular formula is C19H21N5S2. The van der Waals surface area contributed by atoms with Gasteiger partial charge >= 0.3 is 0 Å². The van der Waals surface area contributed by atoms with Crippen molar-refractivity contribution in [2.45, 2.75) is 19.1 Å². The number of nitrogens with one attached hydrogen (secondary N) is 2. The number of hydrogen-bond donors (Lipinski definition) is 2. The van der Waals surface area contributed by atoms with Gasteiger partial charge in [-0.05, 0) is 30.2 Å². The number of aromatic amines is 1. The van der Waals surface area contributed by atoms with Crippen molar-refractivity contribution in [1.82, 2.24) is 19.9 Å². The Bertz CT molecular complexity index is 896. The number of nitrogens with zero attached hydrogens (tertiary/aromatic N) is 3. The van der Waals surface area contributed by atoms with E-state index in [1.54, 1.807) is 6.20 Å². The van der Waals surface area contributed by atoms with Gasteiger partial charge in [0.25, 0.3) is 0 Å². The first-order chi connectivity index (χ1) is 12.7. The van der Waals surface area contributed by atoms with Gasteiger partial charge in [0.1, 0.15) is 4.64 Å². The minimum atomic E-state index is 0.708. The number of hydrogen-bond acceptors (Lipinski definition) is 6. The Morgan fingerprint density at radius 2 is 2.04 bits per heavy atom. The summed E-state index contributed by atoms with van der Waals surface area (Å²) in [6.45, 7) is 2.91. The number of aryl methyl sites for hydroxylation is 1. The predicted molar refractivity (Wildman–Crippen MR) is 110 cm³/mol. The second-order valence-electron chi connectivity index (χ2n) is 5.87. The minimum Gasteiger partial charge on any atom is -0.355 e. The highest BCUT2D eigenvalue weighted by Crippen LogP contribution is 2.14. The van der Waals surface area contributed by atoms with Crippen LogP contribution in [0.15, 0.2) is 49.1 Å². The third-order valence-electron chi connectivity index (χ3n) is 3.89. The van der Waals surface area contributed by atoms with Crippen molar-refractivity contribution < 1.29 is 0 Å².